The van der Waals surface area contributed by atoms with E-state index in [0.29, 0.717) is 0 Å². The number of hydrogen-bond acceptors (Lipinski definition) is 3. The van der Waals surface area contributed by atoms with E-state index in [2.05, 4.69) is 22.6 Å². The van der Waals surface area contributed by atoms with Gasteiger partial charge in [-0.1, -0.05) is 12.8 Å². The largest absolute Gasteiger partial charge is 0.255 e. The first kappa shape index (κ1) is 13.3. The first-order valence-corrected chi connectivity index (χ1v) is 8.08. The lowest BCUT2D eigenvalue weighted by molar-refractivity contribution is 0.332. The topological polar surface area (TPSA) is 63.4 Å². The highest BCUT2D eigenvalue weighted by atomic mass is 127. The second-order valence-electron chi connectivity index (χ2n) is 4.23. The van der Waals surface area contributed by atoms with Gasteiger partial charge in [-0.05, 0) is 59.7 Å². The Balaban J connectivity index is 2.26. The highest BCUT2D eigenvalue weighted by Gasteiger charge is 2.30. The summed E-state index contributed by atoms with van der Waals surface area (Å²) >= 11 is 2.14. The lowest BCUT2D eigenvalue weighted by Gasteiger charge is -2.22. The standard InChI is InChI=1S/C11H15IN2O2S/c12-9-5-7-11(8-6-9)17(15,16)14(13)10-3-1-2-4-10/h5-8,10H,1-4,13H2. The zero-order valence-corrected chi connectivity index (χ0v) is 12.3. The molecule has 0 spiro atoms. The molecule has 1 fully saturated rings. The van der Waals surface area contributed by atoms with Crippen LogP contribution in [0.1, 0.15) is 25.7 Å². The van der Waals surface area contributed by atoms with Gasteiger partial charge < -0.3 is 0 Å². The summed E-state index contributed by atoms with van der Waals surface area (Å²) in [4.78, 5) is 0.271. The van der Waals surface area contributed by atoms with Gasteiger partial charge >= 0.3 is 0 Å². The molecular formula is C11H15IN2O2S. The molecule has 1 aliphatic rings. The zero-order chi connectivity index (χ0) is 12.5. The summed E-state index contributed by atoms with van der Waals surface area (Å²) in [5, 5.41) is 0. The number of nitrogens with zero attached hydrogens (tertiary/aromatic N) is 1. The SMILES string of the molecule is NN(C1CCCC1)S(=O)(=O)c1ccc(I)cc1. The first-order valence-electron chi connectivity index (χ1n) is 5.56. The van der Waals surface area contributed by atoms with E-state index in [0.717, 1.165) is 33.7 Å². The van der Waals surface area contributed by atoms with Gasteiger partial charge in [-0.2, -0.15) is 0 Å². The molecule has 0 bridgehead atoms. The van der Waals surface area contributed by atoms with Crippen LogP contribution < -0.4 is 5.84 Å². The van der Waals surface area contributed by atoms with Gasteiger partial charge in [0, 0.05) is 9.61 Å². The summed E-state index contributed by atoms with van der Waals surface area (Å²) in [6, 6.07) is 6.71. The number of benzene rings is 1. The van der Waals surface area contributed by atoms with E-state index in [1.54, 1.807) is 24.3 Å². The molecule has 0 aliphatic heterocycles. The highest BCUT2D eigenvalue weighted by Crippen LogP contribution is 2.26. The maximum Gasteiger partial charge on any atom is 0.255 e. The molecule has 4 nitrogen and oxygen atoms in total. The van der Waals surface area contributed by atoms with Crippen LogP contribution in [-0.4, -0.2) is 18.9 Å². The van der Waals surface area contributed by atoms with E-state index in [4.69, 9.17) is 5.84 Å². The molecule has 0 heterocycles. The van der Waals surface area contributed by atoms with Crippen molar-refractivity contribution < 1.29 is 8.42 Å². The predicted octanol–water partition coefficient (Wildman–Crippen LogP) is 2.10. The minimum absolute atomic E-state index is 0.0423. The van der Waals surface area contributed by atoms with Crippen molar-refractivity contribution >= 4 is 32.6 Å². The van der Waals surface area contributed by atoms with Gasteiger partial charge in [0.05, 0.1) is 4.90 Å². The van der Waals surface area contributed by atoms with Crippen molar-refractivity contribution in [2.75, 3.05) is 0 Å². The van der Waals surface area contributed by atoms with Crippen LogP contribution in [0.25, 0.3) is 0 Å². The Kier molecular flexibility index (Phi) is 4.06. The molecule has 1 aromatic carbocycles. The van der Waals surface area contributed by atoms with E-state index in [1.807, 2.05) is 0 Å². The lowest BCUT2D eigenvalue weighted by Crippen LogP contribution is -2.44. The van der Waals surface area contributed by atoms with Crippen LogP contribution in [0.2, 0.25) is 0 Å². The second-order valence-corrected chi connectivity index (χ2v) is 7.32. The molecule has 2 rings (SSSR count). The van der Waals surface area contributed by atoms with Crippen molar-refractivity contribution in [3.8, 4) is 0 Å². The fourth-order valence-electron chi connectivity index (χ4n) is 2.08. The quantitative estimate of drug-likeness (QED) is 0.506. The Labute approximate surface area is 115 Å². The van der Waals surface area contributed by atoms with Crippen LogP contribution in [-0.2, 0) is 10.0 Å². The van der Waals surface area contributed by atoms with E-state index in [9.17, 15) is 8.42 Å². The molecule has 0 saturated heterocycles. The van der Waals surface area contributed by atoms with Crippen molar-refractivity contribution in [2.24, 2.45) is 5.84 Å². The first-order chi connectivity index (χ1) is 8.01. The fraction of sp³-hybridized carbons (Fsp3) is 0.455. The molecule has 0 unspecified atom stereocenters. The average Bonchev–Trinajstić information content (AvgIpc) is 2.82. The van der Waals surface area contributed by atoms with E-state index < -0.39 is 10.0 Å². The maximum atomic E-state index is 12.2. The van der Waals surface area contributed by atoms with Crippen LogP contribution in [0.4, 0.5) is 0 Å². The van der Waals surface area contributed by atoms with Gasteiger partial charge in [-0.3, -0.25) is 5.84 Å². The van der Waals surface area contributed by atoms with E-state index in [1.165, 1.54) is 0 Å². The van der Waals surface area contributed by atoms with Crippen LogP contribution in [0.5, 0.6) is 0 Å². The second kappa shape index (κ2) is 5.21. The van der Waals surface area contributed by atoms with Gasteiger partial charge in [-0.15, -0.1) is 4.41 Å². The van der Waals surface area contributed by atoms with Crippen molar-refractivity contribution in [3.05, 3.63) is 27.8 Å². The van der Waals surface area contributed by atoms with E-state index in [-0.39, 0.29) is 10.9 Å². The molecule has 1 saturated carbocycles. The molecule has 0 atom stereocenters. The van der Waals surface area contributed by atoms with E-state index >= 15 is 0 Å². The Bertz CT molecular complexity index is 481. The van der Waals surface area contributed by atoms with Crippen LogP contribution in [0.3, 0.4) is 0 Å². The number of rotatable bonds is 3. The molecule has 94 valence electrons. The monoisotopic (exact) mass is 366 g/mol. The van der Waals surface area contributed by atoms with Crippen molar-refractivity contribution in [2.45, 2.75) is 36.6 Å². The molecule has 1 aliphatic carbocycles. The smallest absolute Gasteiger partial charge is 0.254 e. The van der Waals surface area contributed by atoms with Crippen molar-refractivity contribution in [1.29, 1.82) is 0 Å². The third-order valence-corrected chi connectivity index (χ3v) is 5.51. The minimum atomic E-state index is -3.53. The summed E-state index contributed by atoms with van der Waals surface area (Å²) in [5.41, 5.74) is 0. The predicted molar refractivity (Wildman–Crippen MR) is 74.6 cm³/mol. The molecule has 1 aromatic rings. The third kappa shape index (κ3) is 2.81. The number of sulfonamides is 1. The van der Waals surface area contributed by atoms with Crippen molar-refractivity contribution in [3.63, 3.8) is 0 Å². The fourth-order valence-corrected chi connectivity index (χ4v) is 3.77. The summed E-state index contributed by atoms with van der Waals surface area (Å²) in [6.07, 6.45) is 3.83. The van der Waals surface area contributed by atoms with Gasteiger partial charge in [0.2, 0.25) is 0 Å². The highest BCUT2D eigenvalue weighted by molar-refractivity contribution is 14.1. The summed E-state index contributed by atoms with van der Waals surface area (Å²) < 4.78 is 26.5. The van der Waals surface area contributed by atoms with Crippen LogP contribution >= 0.6 is 22.6 Å². The maximum absolute atomic E-state index is 12.2. The molecule has 0 aromatic heterocycles. The molecule has 17 heavy (non-hydrogen) atoms. The molecule has 6 heteroatoms. The Hall–Kier alpha value is -0.180. The minimum Gasteiger partial charge on any atom is -0.254 e. The molecule has 0 radical (unpaired) electrons. The Morgan fingerprint density at radius 1 is 1.18 bits per heavy atom. The van der Waals surface area contributed by atoms with Gasteiger partial charge in [0.15, 0.2) is 0 Å². The Morgan fingerprint density at radius 2 is 1.71 bits per heavy atom. The third-order valence-electron chi connectivity index (χ3n) is 3.07. The van der Waals surface area contributed by atoms with Crippen LogP contribution in [0.15, 0.2) is 29.2 Å². The molecule has 0 amide bonds. The molecular weight excluding hydrogens is 351 g/mol. The summed E-state index contributed by atoms with van der Waals surface area (Å²) in [6.45, 7) is 0. The summed E-state index contributed by atoms with van der Waals surface area (Å²) in [7, 11) is -3.53. The average molecular weight is 366 g/mol. The summed E-state index contributed by atoms with van der Waals surface area (Å²) in [5.74, 6) is 5.77. The number of hydrazine groups is 1. The lowest BCUT2D eigenvalue weighted by atomic mass is 10.3. The Morgan fingerprint density at radius 3 is 2.24 bits per heavy atom. The number of nitrogens with two attached hydrogens (primary N) is 1. The zero-order valence-electron chi connectivity index (χ0n) is 9.34. The van der Waals surface area contributed by atoms with Crippen molar-refractivity contribution in [1.82, 2.24) is 4.41 Å². The molecule has 2 N–H and O–H groups in total. The van der Waals surface area contributed by atoms with Gasteiger partial charge in [-0.25, -0.2) is 8.42 Å². The number of halogens is 1. The number of hydrogen-bond donors (Lipinski definition) is 1. The van der Waals surface area contributed by atoms with Gasteiger partial charge in [0.25, 0.3) is 10.0 Å². The van der Waals surface area contributed by atoms with Crippen LogP contribution in [0, 0.1) is 3.57 Å². The normalized spacial score (nSPS) is 17.8. The van der Waals surface area contributed by atoms with Gasteiger partial charge in [0.1, 0.15) is 0 Å².